The lowest BCUT2D eigenvalue weighted by molar-refractivity contribution is -0.113. The monoisotopic (exact) mass is 383 g/mol. The van der Waals surface area contributed by atoms with Crippen molar-refractivity contribution in [2.75, 3.05) is 17.7 Å². The minimum Gasteiger partial charge on any atom is -0.462 e. The number of aryl methyl sites for hydroxylation is 2. The molecule has 25 heavy (non-hydrogen) atoms. The molecule has 0 aliphatic heterocycles. The Bertz CT molecular complexity index is 729. The van der Waals surface area contributed by atoms with Crippen molar-refractivity contribution in [3.8, 4) is 0 Å². The predicted molar refractivity (Wildman–Crippen MR) is 97.2 cm³/mol. The van der Waals surface area contributed by atoms with E-state index < -0.39 is 5.97 Å². The fourth-order valence-corrected chi connectivity index (χ4v) is 3.41. The lowest BCUT2D eigenvalue weighted by Gasteiger charge is -1.99. The number of carbonyl (C=O) groups is 2. The molecular weight excluding hydrogens is 362 g/mol. The lowest BCUT2D eigenvalue weighted by atomic mass is 10.2. The molecule has 10 heteroatoms. The Morgan fingerprint density at radius 2 is 2.12 bits per heavy atom. The van der Waals surface area contributed by atoms with Crippen molar-refractivity contribution in [3.63, 3.8) is 0 Å². The van der Waals surface area contributed by atoms with E-state index in [0.717, 1.165) is 36.4 Å². The second-order valence-corrected chi connectivity index (χ2v) is 7.10. The molecule has 2 N–H and O–H groups in total. The lowest BCUT2D eigenvalue weighted by Crippen LogP contribution is -2.13. The van der Waals surface area contributed by atoms with Crippen LogP contribution in [-0.2, 0) is 16.0 Å². The minimum absolute atomic E-state index is 0.165. The quantitative estimate of drug-likeness (QED) is 0.506. The molecule has 136 valence electrons. The zero-order chi connectivity index (χ0) is 18.2. The first-order valence-corrected chi connectivity index (χ1v) is 9.82. The Morgan fingerprint density at radius 3 is 2.84 bits per heavy atom. The van der Waals surface area contributed by atoms with Crippen LogP contribution in [0.25, 0.3) is 0 Å². The zero-order valence-corrected chi connectivity index (χ0v) is 16.1. The SMILES string of the molecule is CCCCc1nc(SCC(=O)Nc2nc(C)c(C(=O)OCC)s2)n[nH]1. The molecule has 0 unspecified atom stereocenters. The van der Waals surface area contributed by atoms with Crippen LogP contribution in [0.2, 0.25) is 0 Å². The maximum Gasteiger partial charge on any atom is 0.350 e. The van der Waals surface area contributed by atoms with Gasteiger partial charge in [-0.25, -0.2) is 14.8 Å². The standard InChI is InChI=1S/C15H21N5O3S2/c1-4-6-7-10-17-15(20-19-10)24-8-11(21)18-14-16-9(3)12(25-14)13(22)23-5-2/h4-8H2,1-3H3,(H,16,18,21)(H,17,19,20). The number of ether oxygens (including phenoxy) is 1. The topological polar surface area (TPSA) is 110 Å². The predicted octanol–water partition coefficient (Wildman–Crippen LogP) is 2.82. The van der Waals surface area contributed by atoms with Gasteiger partial charge in [-0.2, -0.15) is 0 Å². The van der Waals surface area contributed by atoms with E-state index in [2.05, 4.69) is 32.4 Å². The molecule has 0 radical (unpaired) electrons. The first kappa shape index (κ1) is 19.4. The van der Waals surface area contributed by atoms with E-state index in [1.165, 1.54) is 11.8 Å². The summed E-state index contributed by atoms with van der Waals surface area (Å²) in [4.78, 5) is 32.7. The summed E-state index contributed by atoms with van der Waals surface area (Å²) in [6.07, 6.45) is 2.99. The Morgan fingerprint density at radius 1 is 1.32 bits per heavy atom. The fraction of sp³-hybridized carbons (Fsp3) is 0.533. The fourth-order valence-electron chi connectivity index (χ4n) is 1.92. The van der Waals surface area contributed by atoms with Crippen molar-refractivity contribution in [3.05, 3.63) is 16.4 Å². The van der Waals surface area contributed by atoms with Gasteiger partial charge in [-0.05, 0) is 20.3 Å². The van der Waals surface area contributed by atoms with Gasteiger partial charge in [0, 0.05) is 6.42 Å². The van der Waals surface area contributed by atoms with Crippen molar-refractivity contribution in [1.29, 1.82) is 0 Å². The van der Waals surface area contributed by atoms with Gasteiger partial charge in [0.1, 0.15) is 10.7 Å². The molecule has 1 amide bonds. The second-order valence-electron chi connectivity index (χ2n) is 5.16. The van der Waals surface area contributed by atoms with Crippen molar-refractivity contribution in [2.45, 2.75) is 45.2 Å². The van der Waals surface area contributed by atoms with E-state index >= 15 is 0 Å². The zero-order valence-electron chi connectivity index (χ0n) is 14.4. The number of amides is 1. The van der Waals surface area contributed by atoms with E-state index in [9.17, 15) is 9.59 Å². The van der Waals surface area contributed by atoms with Gasteiger partial charge in [-0.3, -0.25) is 9.89 Å². The number of hydrogen-bond acceptors (Lipinski definition) is 8. The Kier molecular flexibility index (Phi) is 7.38. The first-order chi connectivity index (χ1) is 12.0. The van der Waals surface area contributed by atoms with Crippen LogP contribution in [0.3, 0.4) is 0 Å². The molecule has 2 aromatic rings. The van der Waals surface area contributed by atoms with E-state index in [0.29, 0.717) is 27.5 Å². The highest BCUT2D eigenvalue weighted by molar-refractivity contribution is 7.99. The van der Waals surface area contributed by atoms with Crippen LogP contribution < -0.4 is 5.32 Å². The van der Waals surface area contributed by atoms with Gasteiger partial charge in [-0.1, -0.05) is 36.4 Å². The molecule has 0 aliphatic carbocycles. The largest absolute Gasteiger partial charge is 0.462 e. The van der Waals surface area contributed by atoms with Crippen molar-refractivity contribution in [1.82, 2.24) is 20.2 Å². The highest BCUT2D eigenvalue weighted by Crippen LogP contribution is 2.24. The van der Waals surface area contributed by atoms with Crippen LogP contribution in [0.4, 0.5) is 5.13 Å². The van der Waals surface area contributed by atoms with Crippen LogP contribution in [0, 0.1) is 6.92 Å². The number of aromatic nitrogens is 4. The summed E-state index contributed by atoms with van der Waals surface area (Å²) in [5.41, 5.74) is 0.543. The molecule has 2 aromatic heterocycles. The van der Waals surface area contributed by atoms with Crippen LogP contribution in [-0.4, -0.2) is 44.4 Å². The number of H-pyrrole nitrogens is 1. The number of aromatic amines is 1. The minimum atomic E-state index is -0.423. The highest BCUT2D eigenvalue weighted by Gasteiger charge is 2.17. The van der Waals surface area contributed by atoms with Crippen LogP contribution in [0.5, 0.6) is 0 Å². The van der Waals surface area contributed by atoms with Crippen molar-refractivity contribution >= 4 is 40.1 Å². The van der Waals surface area contributed by atoms with Gasteiger partial charge in [-0.15, -0.1) is 5.10 Å². The van der Waals surface area contributed by atoms with Gasteiger partial charge < -0.3 is 10.1 Å². The Labute approximate surface area is 154 Å². The third-order valence-electron chi connectivity index (χ3n) is 3.11. The number of rotatable bonds is 9. The normalized spacial score (nSPS) is 10.7. The van der Waals surface area contributed by atoms with Gasteiger partial charge in [0.2, 0.25) is 11.1 Å². The molecule has 0 fully saturated rings. The summed E-state index contributed by atoms with van der Waals surface area (Å²) in [6.45, 7) is 5.86. The Balaban J connectivity index is 1.85. The summed E-state index contributed by atoms with van der Waals surface area (Å²) in [5, 5.41) is 10.6. The van der Waals surface area contributed by atoms with E-state index in [4.69, 9.17) is 4.74 Å². The summed E-state index contributed by atoms with van der Waals surface area (Å²) in [7, 11) is 0. The first-order valence-electron chi connectivity index (χ1n) is 8.02. The maximum absolute atomic E-state index is 12.0. The molecule has 0 bridgehead atoms. The molecule has 0 aliphatic rings. The molecule has 0 atom stereocenters. The molecule has 0 aromatic carbocycles. The van der Waals surface area contributed by atoms with Gasteiger partial charge >= 0.3 is 5.97 Å². The molecule has 0 saturated carbocycles. The molecule has 0 spiro atoms. The molecule has 0 saturated heterocycles. The third-order valence-corrected chi connectivity index (χ3v) is 5.01. The Hall–Kier alpha value is -1.94. The number of nitrogens with one attached hydrogen (secondary N) is 2. The molecule has 2 heterocycles. The number of esters is 1. The maximum atomic E-state index is 12.0. The van der Waals surface area contributed by atoms with Crippen LogP contribution in [0.1, 0.15) is 47.9 Å². The average Bonchev–Trinajstić information content (AvgIpc) is 3.17. The van der Waals surface area contributed by atoms with Gasteiger partial charge in [0.25, 0.3) is 0 Å². The van der Waals surface area contributed by atoms with Gasteiger partial charge in [0.15, 0.2) is 5.13 Å². The summed E-state index contributed by atoms with van der Waals surface area (Å²) in [6, 6.07) is 0. The molecule has 2 rings (SSSR count). The van der Waals surface area contributed by atoms with E-state index in [1.807, 2.05) is 0 Å². The van der Waals surface area contributed by atoms with Crippen molar-refractivity contribution in [2.24, 2.45) is 0 Å². The highest BCUT2D eigenvalue weighted by atomic mass is 32.2. The molecular formula is C15H21N5O3S2. The van der Waals surface area contributed by atoms with E-state index in [-0.39, 0.29) is 11.7 Å². The smallest absolute Gasteiger partial charge is 0.350 e. The number of nitrogens with zero attached hydrogens (tertiary/aromatic N) is 3. The van der Waals surface area contributed by atoms with Crippen LogP contribution in [0.15, 0.2) is 5.16 Å². The summed E-state index contributed by atoms with van der Waals surface area (Å²) in [5.74, 6) is 0.347. The number of carbonyl (C=O) groups excluding carboxylic acids is 2. The number of unbranched alkanes of at least 4 members (excludes halogenated alkanes) is 1. The number of hydrogen-bond donors (Lipinski definition) is 2. The van der Waals surface area contributed by atoms with Crippen LogP contribution >= 0.6 is 23.1 Å². The second kappa shape index (κ2) is 9.52. The number of anilines is 1. The number of thiazole rings is 1. The number of thioether (sulfide) groups is 1. The summed E-state index contributed by atoms with van der Waals surface area (Å²) < 4.78 is 4.96. The third kappa shape index (κ3) is 5.82. The average molecular weight is 383 g/mol. The van der Waals surface area contributed by atoms with Crippen molar-refractivity contribution < 1.29 is 14.3 Å². The van der Waals surface area contributed by atoms with E-state index in [1.54, 1.807) is 13.8 Å². The summed E-state index contributed by atoms with van der Waals surface area (Å²) >= 11 is 2.35. The molecule has 8 nitrogen and oxygen atoms in total. The van der Waals surface area contributed by atoms with Gasteiger partial charge in [0.05, 0.1) is 18.1 Å².